The number of phosphoric ester groups is 1. The maximum atomic E-state index is 12.2. The first kappa shape index (κ1) is 60.7. The molecule has 1 amide bonds. The molecule has 9 nitrogen and oxygen atoms in total. The second-order valence-corrected chi connectivity index (χ2v) is 18.6. The van der Waals surface area contributed by atoms with Crippen LogP contribution in [0.15, 0.2) is 60.8 Å². The van der Waals surface area contributed by atoms with Gasteiger partial charge in [0, 0.05) is 19.4 Å². The summed E-state index contributed by atoms with van der Waals surface area (Å²) in [5, 5.41) is 12.8. The van der Waals surface area contributed by atoms with Crippen molar-refractivity contribution >= 4 is 19.7 Å². The molecule has 0 rings (SSSR count). The lowest BCUT2D eigenvalue weighted by Crippen LogP contribution is -2.27. The molecule has 0 fully saturated rings. The van der Waals surface area contributed by atoms with Crippen LogP contribution in [0.25, 0.3) is 0 Å². The maximum absolute atomic E-state index is 12.2. The summed E-state index contributed by atoms with van der Waals surface area (Å²) in [6, 6.07) is 0. The molecule has 0 aliphatic heterocycles. The Morgan fingerprint density at radius 3 is 1.29 bits per heavy atom. The predicted octanol–water partition coefficient (Wildman–Crippen LogP) is 15.2. The minimum absolute atomic E-state index is 0.0774. The number of aliphatic hydroxyl groups is 1. The van der Waals surface area contributed by atoms with Gasteiger partial charge in [0.05, 0.1) is 13.2 Å². The SMILES string of the molecule is CCCCC/C=C\C/C=C\C/C=C\CCCCCCCCCCCCC(=O)OCC(O)COP(=O)(O)OCCNC(=O)CCCCCCCCCCC/C=C\C/C=C\CCCCC. The minimum atomic E-state index is -4.43. The van der Waals surface area contributed by atoms with Gasteiger partial charge in [-0.2, -0.15) is 0 Å². The van der Waals surface area contributed by atoms with Crippen LogP contribution in [0.3, 0.4) is 0 Å². The summed E-state index contributed by atoms with van der Waals surface area (Å²) < 4.78 is 27.0. The van der Waals surface area contributed by atoms with Crippen LogP contribution in [0.5, 0.6) is 0 Å². The van der Waals surface area contributed by atoms with Gasteiger partial charge in [-0.1, -0.05) is 197 Å². The summed E-state index contributed by atoms with van der Waals surface area (Å²) in [5.74, 6) is -0.522. The predicted molar refractivity (Wildman–Crippen MR) is 266 cm³/mol. The summed E-state index contributed by atoms with van der Waals surface area (Å²) in [6.45, 7) is 3.51. The Labute approximate surface area is 387 Å². The Hall–Kier alpha value is -2.29. The lowest BCUT2D eigenvalue weighted by molar-refractivity contribution is -0.147. The van der Waals surface area contributed by atoms with Gasteiger partial charge in [-0.25, -0.2) is 4.57 Å². The Morgan fingerprint density at radius 2 is 0.857 bits per heavy atom. The van der Waals surface area contributed by atoms with Gasteiger partial charge in [0.2, 0.25) is 5.91 Å². The number of allylic oxidation sites excluding steroid dienone is 10. The molecule has 2 atom stereocenters. The van der Waals surface area contributed by atoms with Crippen LogP contribution in [0, 0.1) is 0 Å². The molecule has 0 heterocycles. The van der Waals surface area contributed by atoms with E-state index in [1.807, 2.05) is 0 Å². The highest BCUT2D eigenvalue weighted by Gasteiger charge is 2.23. The van der Waals surface area contributed by atoms with Crippen molar-refractivity contribution in [3.63, 3.8) is 0 Å². The van der Waals surface area contributed by atoms with Gasteiger partial charge in [0.1, 0.15) is 12.7 Å². The standard InChI is InChI=1S/C53H96NO8P/c1-3-5-7-9-11-13-15-17-19-21-23-24-25-26-28-30-32-34-36-38-40-42-44-46-53(57)60-49-51(55)50-62-63(58,59)61-48-47-54-52(56)45-43-41-39-37-35-33-31-29-27-22-20-18-16-14-12-10-8-6-4-2/h11-14,17-20,23-24,51,55H,3-10,15-16,21-22,25-50H2,1-2H3,(H,54,56)(H,58,59)/b13-11-,14-12-,19-17-,20-18-,24-23-. The zero-order valence-electron chi connectivity index (χ0n) is 40.5. The third-order valence-electron chi connectivity index (χ3n) is 10.9. The number of carbonyl (C=O) groups is 2. The number of ether oxygens (including phenoxy) is 1. The molecule has 0 aromatic rings. The van der Waals surface area contributed by atoms with Crippen molar-refractivity contribution in [2.45, 2.75) is 238 Å². The number of unbranched alkanes of at least 4 members (excludes halogenated alkanes) is 25. The maximum Gasteiger partial charge on any atom is 0.472 e. The first-order valence-corrected chi connectivity index (χ1v) is 27.3. The number of amides is 1. The van der Waals surface area contributed by atoms with E-state index in [1.54, 1.807) is 0 Å². The zero-order chi connectivity index (χ0) is 46.0. The van der Waals surface area contributed by atoms with E-state index in [9.17, 15) is 24.2 Å². The molecule has 63 heavy (non-hydrogen) atoms. The molecule has 0 radical (unpaired) electrons. The largest absolute Gasteiger partial charge is 0.472 e. The van der Waals surface area contributed by atoms with Gasteiger partial charge in [-0.3, -0.25) is 18.6 Å². The first-order valence-electron chi connectivity index (χ1n) is 25.8. The van der Waals surface area contributed by atoms with Gasteiger partial charge in [-0.05, 0) is 83.5 Å². The number of rotatable bonds is 48. The summed E-state index contributed by atoms with van der Waals surface area (Å²) >= 11 is 0. The van der Waals surface area contributed by atoms with Crippen LogP contribution in [0.2, 0.25) is 0 Å². The molecule has 3 N–H and O–H groups in total. The molecule has 0 spiro atoms. The third-order valence-corrected chi connectivity index (χ3v) is 11.9. The number of carbonyl (C=O) groups excluding carboxylic acids is 2. The molecule has 366 valence electrons. The molecular weight excluding hydrogens is 810 g/mol. The van der Waals surface area contributed by atoms with E-state index in [0.29, 0.717) is 6.42 Å². The fourth-order valence-electron chi connectivity index (χ4n) is 7.01. The molecule has 0 aromatic carbocycles. The summed E-state index contributed by atoms with van der Waals surface area (Å²) in [5.41, 5.74) is 0. The van der Waals surface area contributed by atoms with Crippen LogP contribution in [-0.2, 0) is 27.9 Å². The highest BCUT2D eigenvalue weighted by molar-refractivity contribution is 7.47. The number of phosphoric acid groups is 1. The summed E-state index contributed by atoms with van der Waals surface area (Å²) in [6.07, 6.45) is 60.1. The van der Waals surface area contributed by atoms with Crippen molar-refractivity contribution in [1.82, 2.24) is 5.32 Å². The number of hydrogen-bond donors (Lipinski definition) is 3. The summed E-state index contributed by atoms with van der Waals surface area (Å²) in [4.78, 5) is 34.1. The number of hydrogen-bond acceptors (Lipinski definition) is 7. The zero-order valence-corrected chi connectivity index (χ0v) is 41.4. The smallest absolute Gasteiger partial charge is 0.463 e. The monoisotopic (exact) mass is 906 g/mol. The average molecular weight is 906 g/mol. The van der Waals surface area contributed by atoms with E-state index in [1.165, 1.54) is 148 Å². The van der Waals surface area contributed by atoms with Crippen molar-refractivity contribution in [3.05, 3.63) is 60.8 Å². The molecular formula is C53H96NO8P. The topological polar surface area (TPSA) is 131 Å². The van der Waals surface area contributed by atoms with Gasteiger partial charge in [-0.15, -0.1) is 0 Å². The number of esters is 1. The molecule has 10 heteroatoms. The molecule has 0 aromatic heterocycles. The van der Waals surface area contributed by atoms with Crippen LogP contribution in [0.4, 0.5) is 0 Å². The summed E-state index contributed by atoms with van der Waals surface area (Å²) in [7, 11) is -4.43. The van der Waals surface area contributed by atoms with Crippen molar-refractivity contribution in [3.8, 4) is 0 Å². The molecule has 0 aliphatic carbocycles. The molecule has 2 unspecified atom stereocenters. The average Bonchev–Trinajstić information content (AvgIpc) is 3.27. The van der Waals surface area contributed by atoms with Crippen molar-refractivity contribution < 1.29 is 37.9 Å². The molecule has 0 saturated heterocycles. The molecule has 0 saturated carbocycles. The van der Waals surface area contributed by atoms with Crippen LogP contribution < -0.4 is 5.32 Å². The highest BCUT2D eigenvalue weighted by atomic mass is 31.2. The van der Waals surface area contributed by atoms with E-state index in [-0.39, 0.29) is 32.1 Å². The van der Waals surface area contributed by atoms with Gasteiger partial charge < -0.3 is 20.1 Å². The minimum Gasteiger partial charge on any atom is -0.463 e. The van der Waals surface area contributed by atoms with Crippen LogP contribution >= 0.6 is 7.82 Å². The van der Waals surface area contributed by atoms with E-state index < -0.39 is 26.5 Å². The second-order valence-electron chi connectivity index (χ2n) is 17.1. The van der Waals surface area contributed by atoms with Gasteiger partial charge in [0.25, 0.3) is 0 Å². The Kier molecular flexibility index (Phi) is 47.4. The van der Waals surface area contributed by atoms with Crippen molar-refractivity contribution in [1.29, 1.82) is 0 Å². The lowest BCUT2D eigenvalue weighted by Gasteiger charge is -2.15. The first-order chi connectivity index (χ1) is 30.8. The second kappa shape index (κ2) is 49.2. The van der Waals surface area contributed by atoms with Gasteiger partial charge in [0.15, 0.2) is 0 Å². The van der Waals surface area contributed by atoms with E-state index in [4.69, 9.17) is 13.8 Å². The highest BCUT2D eigenvalue weighted by Crippen LogP contribution is 2.42. The quantitative estimate of drug-likeness (QED) is 0.0238. The fourth-order valence-corrected chi connectivity index (χ4v) is 7.76. The van der Waals surface area contributed by atoms with Crippen molar-refractivity contribution in [2.75, 3.05) is 26.4 Å². The Morgan fingerprint density at radius 1 is 0.492 bits per heavy atom. The number of aliphatic hydroxyl groups excluding tert-OH is 1. The van der Waals surface area contributed by atoms with E-state index in [2.05, 4.69) is 79.9 Å². The normalized spacial score (nSPS) is 13.7. The van der Waals surface area contributed by atoms with Crippen LogP contribution in [-0.4, -0.2) is 54.3 Å². The van der Waals surface area contributed by atoms with E-state index in [0.717, 1.165) is 57.8 Å². The van der Waals surface area contributed by atoms with E-state index >= 15 is 0 Å². The molecule has 0 bridgehead atoms. The van der Waals surface area contributed by atoms with Crippen molar-refractivity contribution in [2.24, 2.45) is 0 Å². The fraction of sp³-hybridized carbons (Fsp3) is 0.774. The third kappa shape index (κ3) is 50.6. The Bertz CT molecular complexity index is 1220. The molecule has 0 aliphatic rings. The van der Waals surface area contributed by atoms with Gasteiger partial charge >= 0.3 is 13.8 Å². The Balaban J connectivity index is 3.57. The lowest BCUT2D eigenvalue weighted by atomic mass is 10.1. The van der Waals surface area contributed by atoms with Crippen LogP contribution in [0.1, 0.15) is 232 Å². The number of nitrogens with one attached hydrogen (secondary N) is 1.